The molecule has 0 fully saturated rings. The van der Waals surface area contributed by atoms with Crippen molar-refractivity contribution in [2.75, 3.05) is 5.32 Å². The van der Waals surface area contributed by atoms with Crippen LogP contribution in [0.3, 0.4) is 0 Å². The predicted octanol–water partition coefficient (Wildman–Crippen LogP) is 5.70. The molecule has 0 unspecified atom stereocenters. The van der Waals surface area contributed by atoms with Crippen molar-refractivity contribution in [1.29, 1.82) is 0 Å². The third-order valence-corrected chi connectivity index (χ3v) is 5.46. The molecule has 0 spiro atoms. The average molecular weight is 449 g/mol. The quantitative estimate of drug-likeness (QED) is 0.398. The van der Waals surface area contributed by atoms with Crippen molar-refractivity contribution in [3.63, 3.8) is 0 Å². The molecule has 2 heterocycles. The molecule has 0 radical (unpaired) electrons. The van der Waals surface area contributed by atoms with Gasteiger partial charge in [0.25, 0.3) is 0 Å². The number of hydrogen-bond donors (Lipinski definition) is 1. The van der Waals surface area contributed by atoms with Gasteiger partial charge in [0.05, 0.1) is 17.1 Å². The SMILES string of the molecule is Ic1ccc(C2=C[C@H](c3ccccc3)n3c(nc4ccccc43)N2)cc1. The number of nitrogens with one attached hydrogen (secondary N) is 1. The molecule has 0 amide bonds. The molecule has 126 valence electrons. The first-order valence-electron chi connectivity index (χ1n) is 8.56. The molecule has 1 aliphatic rings. The molecule has 0 saturated carbocycles. The zero-order valence-corrected chi connectivity index (χ0v) is 16.1. The number of nitrogens with zero attached hydrogens (tertiary/aromatic N) is 2. The number of fused-ring (bicyclic) bond motifs is 3. The number of imidazole rings is 1. The smallest absolute Gasteiger partial charge is 0.209 e. The van der Waals surface area contributed by atoms with Crippen LogP contribution in [-0.2, 0) is 0 Å². The molecular formula is C22H16IN3. The summed E-state index contributed by atoms with van der Waals surface area (Å²) in [5.74, 6) is 0.885. The molecule has 4 aromatic rings. The van der Waals surface area contributed by atoms with Crippen molar-refractivity contribution in [3.05, 3.63) is 99.6 Å². The minimum atomic E-state index is 0.106. The summed E-state index contributed by atoms with van der Waals surface area (Å²) in [5.41, 5.74) is 5.67. The first-order valence-corrected chi connectivity index (χ1v) is 9.64. The molecule has 5 rings (SSSR count). The van der Waals surface area contributed by atoms with Crippen molar-refractivity contribution >= 4 is 45.3 Å². The summed E-state index contributed by atoms with van der Waals surface area (Å²) in [4.78, 5) is 4.83. The highest BCUT2D eigenvalue weighted by molar-refractivity contribution is 14.1. The molecule has 1 atom stereocenters. The molecule has 4 heteroatoms. The Morgan fingerprint density at radius 3 is 2.38 bits per heavy atom. The summed E-state index contributed by atoms with van der Waals surface area (Å²) in [5, 5.41) is 3.53. The van der Waals surface area contributed by atoms with Crippen LogP contribution in [0.1, 0.15) is 17.2 Å². The Hall–Kier alpha value is -2.60. The largest absolute Gasteiger partial charge is 0.325 e. The number of halogens is 1. The highest BCUT2D eigenvalue weighted by atomic mass is 127. The van der Waals surface area contributed by atoms with Crippen LogP contribution < -0.4 is 5.32 Å². The lowest BCUT2D eigenvalue weighted by Crippen LogP contribution is -2.19. The number of anilines is 1. The third kappa shape index (κ3) is 2.61. The second-order valence-corrected chi connectivity index (χ2v) is 7.61. The average Bonchev–Trinajstić information content (AvgIpc) is 3.07. The number of hydrogen-bond acceptors (Lipinski definition) is 2. The normalized spacial score (nSPS) is 16.0. The Labute approximate surface area is 165 Å². The first kappa shape index (κ1) is 15.6. The molecule has 0 saturated heterocycles. The van der Waals surface area contributed by atoms with E-state index in [1.54, 1.807) is 0 Å². The van der Waals surface area contributed by atoms with Crippen molar-refractivity contribution in [3.8, 4) is 0 Å². The lowest BCUT2D eigenvalue weighted by molar-refractivity contribution is 0.720. The molecule has 0 bridgehead atoms. The van der Waals surface area contributed by atoms with Gasteiger partial charge in [0.2, 0.25) is 5.95 Å². The van der Waals surface area contributed by atoms with Gasteiger partial charge >= 0.3 is 0 Å². The summed E-state index contributed by atoms with van der Waals surface area (Å²) in [6.07, 6.45) is 2.29. The van der Waals surface area contributed by atoms with Crippen molar-refractivity contribution in [2.45, 2.75) is 6.04 Å². The Kier molecular flexibility index (Phi) is 3.78. The second kappa shape index (κ2) is 6.29. The van der Waals surface area contributed by atoms with Gasteiger partial charge in [-0.15, -0.1) is 0 Å². The topological polar surface area (TPSA) is 29.9 Å². The molecule has 3 aromatic carbocycles. The molecular weight excluding hydrogens is 433 g/mol. The zero-order valence-electron chi connectivity index (χ0n) is 13.9. The van der Waals surface area contributed by atoms with Crippen LogP contribution in [0.25, 0.3) is 16.7 Å². The summed E-state index contributed by atoms with van der Waals surface area (Å²) in [6.45, 7) is 0. The van der Waals surface area contributed by atoms with E-state index in [0.717, 1.165) is 22.7 Å². The summed E-state index contributed by atoms with van der Waals surface area (Å²) in [6, 6.07) is 27.6. The monoisotopic (exact) mass is 449 g/mol. The fraction of sp³-hybridized carbons (Fsp3) is 0.0455. The lowest BCUT2D eigenvalue weighted by Gasteiger charge is -2.26. The highest BCUT2D eigenvalue weighted by Gasteiger charge is 2.25. The van der Waals surface area contributed by atoms with Gasteiger partial charge in [0.15, 0.2) is 0 Å². The molecule has 3 nitrogen and oxygen atoms in total. The van der Waals surface area contributed by atoms with Crippen molar-refractivity contribution in [1.82, 2.24) is 9.55 Å². The zero-order chi connectivity index (χ0) is 17.5. The maximum Gasteiger partial charge on any atom is 0.209 e. The van der Waals surface area contributed by atoms with Gasteiger partial charge in [-0.1, -0.05) is 54.6 Å². The van der Waals surface area contributed by atoms with E-state index < -0.39 is 0 Å². The van der Waals surface area contributed by atoms with Crippen LogP contribution in [-0.4, -0.2) is 9.55 Å². The van der Waals surface area contributed by atoms with Gasteiger partial charge in [0, 0.05) is 9.27 Å². The number of rotatable bonds is 2. The maximum atomic E-state index is 4.83. The highest BCUT2D eigenvalue weighted by Crippen LogP contribution is 2.36. The number of para-hydroxylation sites is 2. The van der Waals surface area contributed by atoms with E-state index in [-0.39, 0.29) is 6.04 Å². The van der Waals surface area contributed by atoms with Crippen LogP contribution in [0.4, 0.5) is 5.95 Å². The second-order valence-electron chi connectivity index (χ2n) is 6.36. The van der Waals surface area contributed by atoms with Gasteiger partial charge in [0.1, 0.15) is 0 Å². The van der Waals surface area contributed by atoms with E-state index in [4.69, 9.17) is 4.98 Å². The first-order chi connectivity index (χ1) is 12.8. The fourth-order valence-electron chi connectivity index (χ4n) is 3.50. The summed E-state index contributed by atoms with van der Waals surface area (Å²) >= 11 is 2.33. The van der Waals surface area contributed by atoms with Crippen molar-refractivity contribution in [2.24, 2.45) is 0 Å². The van der Waals surface area contributed by atoms with Crippen LogP contribution in [0.2, 0.25) is 0 Å². The Morgan fingerprint density at radius 1 is 0.846 bits per heavy atom. The molecule has 26 heavy (non-hydrogen) atoms. The summed E-state index contributed by atoms with van der Waals surface area (Å²) in [7, 11) is 0. The van der Waals surface area contributed by atoms with Crippen LogP contribution >= 0.6 is 22.6 Å². The minimum absolute atomic E-state index is 0.106. The van der Waals surface area contributed by atoms with E-state index in [2.05, 4.69) is 111 Å². The Bertz CT molecular complexity index is 1110. The predicted molar refractivity (Wildman–Crippen MR) is 115 cm³/mol. The molecule has 1 aliphatic heterocycles. The van der Waals surface area contributed by atoms with E-state index in [1.807, 2.05) is 6.07 Å². The van der Waals surface area contributed by atoms with Crippen molar-refractivity contribution < 1.29 is 0 Å². The summed E-state index contributed by atoms with van der Waals surface area (Å²) < 4.78 is 3.51. The van der Waals surface area contributed by atoms with E-state index >= 15 is 0 Å². The number of allylic oxidation sites excluding steroid dienone is 1. The van der Waals surface area contributed by atoms with Gasteiger partial charge in [-0.05, 0) is 64.1 Å². The number of benzene rings is 3. The molecule has 1 N–H and O–H groups in total. The fourth-order valence-corrected chi connectivity index (χ4v) is 3.86. The lowest BCUT2D eigenvalue weighted by atomic mass is 10.0. The van der Waals surface area contributed by atoms with Crippen LogP contribution in [0.5, 0.6) is 0 Å². The molecule has 1 aromatic heterocycles. The van der Waals surface area contributed by atoms with Crippen LogP contribution in [0, 0.1) is 3.57 Å². The number of aromatic nitrogens is 2. The van der Waals surface area contributed by atoms with Gasteiger partial charge < -0.3 is 5.32 Å². The Balaban J connectivity index is 1.72. The van der Waals surface area contributed by atoms with E-state index in [0.29, 0.717) is 0 Å². The third-order valence-electron chi connectivity index (χ3n) is 4.74. The van der Waals surface area contributed by atoms with Gasteiger partial charge in [-0.25, -0.2) is 4.98 Å². The Morgan fingerprint density at radius 2 is 1.58 bits per heavy atom. The van der Waals surface area contributed by atoms with E-state index in [1.165, 1.54) is 14.7 Å². The standard InChI is InChI=1S/C22H16IN3/c23-17-12-10-15(11-13-17)19-14-21(16-6-2-1-3-7-16)26-20-9-5-4-8-18(20)24-22(26)25-19/h1-14,21H,(H,24,25)/t21-/m1/s1. The minimum Gasteiger partial charge on any atom is -0.325 e. The van der Waals surface area contributed by atoms with Gasteiger partial charge in [-0.3, -0.25) is 4.57 Å². The van der Waals surface area contributed by atoms with E-state index in [9.17, 15) is 0 Å². The van der Waals surface area contributed by atoms with Crippen LogP contribution in [0.15, 0.2) is 84.9 Å². The maximum absolute atomic E-state index is 4.83. The van der Waals surface area contributed by atoms with Gasteiger partial charge in [-0.2, -0.15) is 0 Å². The molecule has 0 aliphatic carbocycles.